The van der Waals surface area contributed by atoms with Gasteiger partial charge >= 0.3 is 0 Å². The zero-order valence-corrected chi connectivity index (χ0v) is 23.5. The number of anilines is 4. The van der Waals surface area contributed by atoms with E-state index in [0.717, 1.165) is 90.0 Å². The van der Waals surface area contributed by atoms with E-state index in [9.17, 15) is 4.79 Å². The molecular formula is C31H35N7O2. The monoisotopic (exact) mass is 537 g/mol. The van der Waals surface area contributed by atoms with Gasteiger partial charge in [-0.25, -0.2) is 4.98 Å². The zero-order valence-electron chi connectivity index (χ0n) is 23.5. The number of carbonyl (C=O) groups is 1. The van der Waals surface area contributed by atoms with E-state index in [2.05, 4.69) is 44.6 Å². The third-order valence-electron chi connectivity index (χ3n) is 7.96. The van der Waals surface area contributed by atoms with Crippen molar-refractivity contribution in [2.24, 2.45) is 0 Å². The number of likely N-dealkylation sites (N-methyl/N-ethyl adjacent to an activating group) is 1. The second kappa shape index (κ2) is 10.7. The topological polar surface area (TPSA) is 87.6 Å². The predicted molar refractivity (Wildman–Crippen MR) is 159 cm³/mol. The third kappa shape index (κ3) is 4.88. The maximum absolute atomic E-state index is 13.3. The van der Waals surface area contributed by atoms with Crippen molar-refractivity contribution >= 4 is 28.9 Å². The van der Waals surface area contributed by atoms with Crippen molar-refractivity contribution in [1.82, 2.24) is 19.4 Å². The lowest BCUT2D eigenvalue weighted by atomic mass is 10.0. The van der Waals surface area contributed by atoms with Crippen LogP contribution in [0.4, 0.5) is 23.0 Å². The van der Waals surface area contributed by atoms with Crippen molar-refractivity contribution in [2.75, 3.05) is 55.9 Å². The highest BCUT2D eigenvalue weighted by molar-refractivity contribution is 6.06. The molecule has 206 valence electrons. The molecule has 9 heteroatoms. The number of methoxy groups -OCH3 is 1. The Hall–Kier alpha value is -4.37. The summed E-state index contributed by atoms with van der Waals surface area (Å²) in [6.45, 7) is 8.08. The van der Waals surface area contributed by atoms with Crippen LogP contribution < -0.4 is 20.3 Å². The van der Waals surface area contributed by atoms with E-state index in [4.69, 9.17) is 9.72 Å². The molecule has 2 aliphatic rings. The van der Waals surface area contributed by atoms with E-state index in [1.54, 1.807) is 7.11 Å². The molecule has 0 radical (unpaired) electrons. The fourth-order valence-electron chi connectivity index (χ4n) is 5.58. The molecule has 0 aliphatic carbocycles. The maximum atomic E-state index is 13.3. The van der Waals surface area contributed by atoms with Crippen LogP contribution in [0.3, 0.4) is 0 Å². The quantitative estimate of drug-likeness (QED) is 0.367. The molecule has 9 nitrogen and oxygen atoms in total. The summed E-state index contributed by atoms with van der Waals surface area (Å²) >= 11 is 0. The van der Waals surface area contributed by atoms with Gasteiger partial charge in [-0.2, -0.15) is 4.98 Å². The number of rotatable bonds is 6. The number of para-hydroxylation sites is 1. The van der Waals surface area contributed by atoms with Gasteiger partial charge in [0, 0.05) is 67.3 Å². The molecule has 0 saturated carbocycles. The summed E-state index contributed by atoms with van der Waals surface area (Å²) in [5, 5.41) is 6.47. The number of nitrogens with one attached hydrogen (secondary N) is 2. The molecule has 2 N–H and O–H groups in total. The number of hydrogen-bond donors (Lipinski definition) is 2. The van der Waals surface area contributed by atoms with Gasteiger partial charge in [0.15, 0.2) is 0 Å². The first-order chi connectivity index (χ1) is 19.4. The van der Waals surface area contributed by atoms with E-state index < -0.39 is 0 Å². The van der Waals surface area contributed by atoms with Gasteiger partial charge in [-0.1, -0.05) is 18.2 Å². The first-order valence-corrected chi connectivity index (χ1v) is 13.7. The van der Waals surface area contributed by atoms with Gasteiger partial charge in [0.25, 0.3) is 5.91 Å². The van der Waals surface area contributed by atoms with Crippen molar-refractivity contribution in [3.8, 4) is 11.6 Å². The molecule has 1 saturated heterocycles. The largest absolute Gasteiger partial charge is 0.494 e. The number of benzene rings is 2. The highest BCUT2D eigenvalue weighted by Crippen LogP contribution is 2.33. The summed E-state index contributed by atoms with van der Waals surface area (Å²) in [7, 11) is 3.83. The Kier molecular flexibility index (Phi) is 6.89. The van der Waals surface area contributed by atoms with Crippen LogP contribution in [0.2, 0.25) is 0 Å². The number of ether oxygens (including phenoxy) is 1. The summed E-state index contributed by atoms with van der Waals surface area (Å²) in [5.41, 5.74) is 7.57. The molecule has 0 unspecified atom stereocenters. The van der Waals surface area contributed by atoms with Gasteiger partial charge in [0.05, 0.1) is 18.4 Å². The molecule has 2 aromatic carbocycles. The van der Waals surface area contributed by atoms with Crippen molar-refractivity contribution in [3.05, 3.63) is 82.8 Å². The Labute approximate surface area is 234 Å². The summed E-state index contributed by atoms with van der Waals surface area (Å²) in [6, 6.07) is 14.1. The minimum atomic E-state index is -0.104. The number of piperazine rings is 1. The summed E-state index contributed by atoms with van der Waals surface area (Å²) in [4.78, 5) is 27.5. The molecule has 2 aliphatic heterocycles. The van der Waals surface area contributed by atoms with Crippen LogP contribution in [0.5, 0.6) is 5.75 Å². The van der Waals surface area contributed by atoms with Gasteiger partial charge in [-0.3, -0.25) is 4.79 Å². The van der Waals surface area contributed by atoms with Crippen LogP contribution >= 0.6 is 0 Å². The predicted octanol–water partition coefficient (Wildman–Crippen LogP) is 4.74. The second-order valence-corrected chi connectivity index (χ2v) is 10.6. The first kappa shape index (κ1) is 25.9. The first-order valence-electron chi connectivity index (χ1n) is 13.7. The van der Waals surface area contributed by atoms with Crippen LogP contribution in [0, 0.1) is 13.8 Å². The SMILES string of the molecule is COc1cc(N2CCN(C)CC2)ccc1Nc1ncc2c(n1)-n1ccc(C(=O)Nc3c(C)cccc3C)c1CC2. The van der Waals surface area contributed by atoms with E-state index in [1.807, 2.05) is 61.1 Å². The zero-order chi connectivity index (χ0) is 27.8. The number of amides is 1. The van der Waals surface area contributed by atoms with Crippen LogP contribution in [-0.2, 0) is 12.8 Å². The van der Waals surface area contributed by atoms with Crippen molar-refractivity contribution in [3.63, 3.8) is 0 Å². The number of carbonyl (C=O) groups excluding carboxylic acids is 1. The normalized spacial score (nSPS) is 14.8. The average Bonchev–Trinajstić information content (AvgIpc) is 3.41. The van der Waals surface area contributed by atoms with Gasteiger partial charge in [-0.15, -0.1) is 0 Å². The van der Waals surface area contributed by atoms with Gasteiger partial charge < -0.3 is 29.7 Å². The van der Waals surface area contributed by atoms with Crippen molar-refractivity contribution in [1.29, 1.82) is 0 Å². The van der Waals surface area contributed by atoms with Crippen LogP contribution in [0.15, 0.2) is 54.9 Å². The van der Waals surface area contributed by atoms with Crippen molar-refractivity contribution < 1.29 is 9.53 Å². The number of hydrogen-bond acceptors (Lipinski definition) is 7. The van der Waals surface area contributed by atoms with Crippen molar-refractivity contribution in [2.45, 2.75) is 26.7 Å². The molecule has 0 bridgehead atoms. The standard InChI is InChI=1S/C31H35N7O2/c1-20-6-5-7-21(2)28(20)34-30(39)24-12-13-38-26(24)11-8-22-19-32-31(35-29(22)38)33-25-10-9-23(18-27(25)40-4)37-16-14-36(3)15-17-37/h5-7,9-10,12-13,18-19H,8,11,14-17H2,1-4H3,(H,34,39)(H,32,33,35). The van der Waals surface area contributed by atoms with E-state index in [-0.39, 0.29) is 5.91 Å². The lowest BCUT2D eigenvalue weighted by Gasteiger charge is -2.34. The molecule has 4 aromatic rings. The molecule has 1 amide bonds. The van der Waals surface area contributed by atoms with E-state index in [1.165, 1.54) is 0 Å². The fourth-order valence-corrected chi connectivity index (χ4v) is 5.58. The molecule has 1 fully saturated rings. The average molecular weight is 538 g/mol. The number of fused-ring (bicyclic) bond motifs is 3. The van der Waals surface area contributed by atoms with Crippen LogP contribution in [-0.4, -0.2) is 65.7 Å². The minimum absolute atomic E-state index is 0.104. The molecule has 40 heavy (non-hydrogen) atoms. The summed E-state index contributed by atoms with van der Waals surface area (Å²) < 4.78 is 7.74. The lowest BCUT2D eigenvalue weighted by molar-refractivity contribution is 0.102. The molecule has 4 heterocycles. The third-order valence-corrected chi connectivity index (χ3v) is 7.96. The molecular weight excluding hydrogens is 502 g/mol. The molecule has 2 aromatic heterocycles. The molecule has 0 spiro atoms. The summed E-state index contributed by atoms with van der Waals surface area (Å²) in [5.74, 6) is 1.91. The number of aryl methyl sites for hydroxylation is 3. The van der Waals surface area contributed by atoms with Gasteiger partial charge in [0.1, 0.15) is 11.6 Å². The number of nitrogens with zero attached hydrogens (tertiary/aromatic N) is 5. The highest BCUT2D eigenvalue weighted by atomic mass is 16.5. The van der Waals surface area contributed by atoms with E-state index in [0.29, 0.717) is 11.5 Å². The highest BCUT2D eigenvalue weighted by Gasteiger charge is 2.25. The number of aromatic nitrogens is 3. The maximum Gasteiger partial charge on any atom is 0.257 e. The minimum Gasteiger partial charge on any atom is -0.494 e. The van der Waals surface area contributed by atoms with E-state index >= 15 is 0 Å². The van der Waals surface area contributed by atoms with Gasteiger partial charge in [0.2, 0.25) is 5.95 Å². The Bertz CT molecular complexity index is 1550. The van der Waals surface area contributed by atoms with Crippen LogP contribution in [0.1, 0.15) is 32.7 Å². The van der Waals surface area contributed by atoms with Crippen LogP contribution in [0.25, 0.3) is 5.82 Å². The lowest BCUT2D eigenvalue weighted by Crippen LogP contribution is -2.44. The second-order valence-electron chi connectivity index (χ2n) is 10.6. The Morgan fingerprint density at radius 3 is 2.52 bits per heavy atom. The van der Waals surface area contributed by atoms with Gasteiger partial charge in [-0.05, 0) is 63.1 Å². The Balaban J connectivity index is 1.24. The fraction of sp³-hybridized carbons (Fsp3) is 0.323. The summed E-state index contributed by atoms with van der Waals surface area (Å²) in [6.07, 6.45) is 5.31. The molecule has 6 rings (SSSR count). The molecule has 0 atom stereocenters. The smallest absolute Gasteiger partial charge is 0.257 e. The Morgan fingerprint density at radius 2 is 1.77 bits per heavy atom. The Morgan fingerprint density at radius 1 is 1.00 bits per heavy atom.